The molecule has 94 valence electrons. The number of likely N-dealkylation sites (N-methyl/N-ethyl adjacent to an activating group) is 1. The van der Waals surface area contributed by atoms with Crippen LogP contribution in [-0.4, -0.2) is 30.6 Å². The molecule has 0 spiro atoms. The van der Waals surface area contributed by atoms with Gasteiger partial charge in [0, 0.05) is 12.1 Å². The average Bonchev–Trinajstić information content (AvgIpc) is 2.74. The lowest BCUT2D eigenvalue weighted by Crippen LogP contribution is -2.42. The van der Waals surface area contributed by atoms with Crippen molar-refractivity contribution in [2.75, 3.05) is 13.6 Å². The van der Waals surface area contributed by atoms with Crippen molar-refractivity contribution in [3.05, 3.63) is 0 Å². The van der Waals surface area contributed by atoms with E-state index in [-0.39, 0.29) is 0 Å². The fourth-order valence-electron chi connectivity index (χ4n) is 3.54. The van der Waals surface area contributed by atoms with Gasteiger partial charge < -0.3 is 10.6 Å². The molecule has 0 aliphatic heterocycles. The standard InChI is InChI=1S/C14H28N2/c1-16(14-9-5-8-13(14)15)11-10-12-6-3-2-4-7-12/h12-14H,2-11,15H2,1H3. The van der Waals surface area contributed by atoms with Crippen LogP contribution in [0.15, 0.2) is 0 Å². The Bertz CT molecular complexity index is 199. The summed E-state index contributed by atoms with van der Waals surface area (Å²) in [6, 6.07) is 1.11. The maximum atomic E-state index is 6.15. The quantitative estimate of drug-likeness (QED) is 0.795. The minimum Gasteiger partial charge on any atom is -0.326 e. The number of nitrogens with two attached hydrogens (primary N) is 1. The van der Waals surface area contributed by atoms with Gasteiger partial charge in [-0.2, -0.15) is 0 Å². The van der Waals surface area contributed by atoms with Crippen molar-refractivity contribution in [2.45, 2.75) is 69.9 Å². The molecule has 2 saturated carbocycles. The molecule has 2 atom stereocenters. The molecule has 0 heterocycles. The van der Waals surface area contributed by atoms with Crippen molar-refractivity contribution < 1.29 is 0 Å². The summed E-state index contributed by atoms with van der Waals surface area (Å²) in [6.07, 6.45) is 12.7. The normalized spacial score (nSPS) is 32.4. The summed E-state index contributed by atoms with van der Waals surface area (Å²) < 4.78 is 0. The Morgan fingerprint density at radius 3 is 2.38 bits per heavy atom. The third-order valence-corrected chi connectivity index (χ3v) is 4.71. The molecule has 2 heteroatoms. The van der Waals surface area contributed by atoms with Crippen molar-refractivity contribution in [1.29, 1.82) is 0 Å². The zero-order chi connectivity index (χ0) is 11.4. The smallest absolute Gasteiger partial charge is 0.0244 e. The summed E-state index contributed by atoms with van der Waals surface area (Å²) in [6.45, 7) is 1.27. The van der Waals surface area contributed by atoms with Crippen LogP contribution >= 0.6 is 0 Å². The van der Waals surface area contributed by atoms with E-state index in [1.165, 1.54) is 64.3 Å². The van der Waals surface area contributed by atoms with Crippen molar-refractivity contribution in [3.63, 3.8) is 0 Å². The van der Waals surface area contributed by atoms with Crippen LogP contribution < -0.4 is 5.73 Å². The first-order valence-corrected chi connectivity index (χ1v) is 7.23. The number of hydrogen-bond acceptors (Lipinski definition) is 2. The number of rotatable bonds is 4. The largest absolute Gasteiger partial charge is 0.326 e. The van der Waals surface area contributed by atoms with Crippen LogP contribution in [0.1, 0.15) is 57.8 Å². The molecule has 16 heavy (non-hydrogen) atoms. The molecule has 2 unspecified atom stereocenters. The van der Waals surface area contributed by atoms with E-state index in [0.29, 0.717) is 12.1 Å². The fraction of sp³-hybridized carbons (Fsp3) is 1.00. The maximum Gasteiger partial charge on any atom is 0.0244 e. The van der Waals surface area contributed by atoms with Gasteiger partial charge in [0.15, 0.2) is 0 Å². The Morgan fingerprint density at radius 1 is 1.00 bits per heavy atom. The van der Waals surface area contributed by atoms with E-state index in [1.54, 1.807) is 0 Å². The number of nitrogens with zero attached hydrogens (tertiary/aromatic N) is 1. The van der Waals surface area contributed by atoms with E-state index in [0.717, 1.165) is 5.92 Å². The first-order chi connectivity index (χ1) is 7.77. The highest BCUT2D eigenvalue weighted by molar-refractivity contribution is 4.87. The van der Waals surface area contributed by atoms with Crippen LogP contribution in [0.5, 0.6) is 0 Å². The van der Waals surface area contributed by atoms with Crippen LogP contribution in [0.4, 0.5) is 0 Å². The predicted octanol–water partition coefficient (Wildman–Crippen LogP) is 2.77. The zero-order valence-electron chi connectivity index (χ0n) is 10.8. The second-order valence-electron chi connectivity index (χ2n) is 5.94. The number of hydrogen-bond donors (Lipinski definition) is 1. The molecule has 0 aromatic carbocycles. The molecule has 0 aromatic heterocycles. The van der Waals surface area contributed by atoms with E-state index in [9.17, 15) is 0 Å². The fourth-order valence-corrected chi connectivity index (χ4v) is 3.54. The molecular formula is C14H28N2. The van der Waals surface area contributed by atoms with Gasteiger partial charge in [0.05, 0.1) is 0 Å². The first-order valence-electron chi connectivity index (χ1n) is 7.23. The van der Waals surface area contributed by atoms with Gasteiger partial charge in [-0.05, 0) is 38.8 Å². The van der Waals surface area contributed by atoms with E-state index in [1.807, 2.05) is 0 Å². The highest BCUT2D eigenvalue weighted by Gasteiger charge is 2.27. The first kappa shape index (κ1) is 12.4. The zero-order valence-corrected chi connectivity index (χ0v) is 10.8. The topological polar surface area (TPSA) is 29.3 Å². The van der Waals surface area contributed by atoms with E-state index < -0.39 is 0 Å². The molecule has 0 amide bonds. The van der Waals surface area contributed by atoms with Crippen LogP contribution in [0.2, 0.25) is 0 Å². The Balaban J connectivity index is 1.68. The van der Waals surface area contributed by atoms with E-state index in [2.05, 4.69) is 11.9 Å². The molecule has 0 bridgehead atoms. The maximum absolute atomic E-state index is 6.15. The SMILES string of the molecule is CN(CCC1CCCCC1)C1CCCC1N. The van der Waals surface area contributed by atoms with Crippen LogP contribution in [0, 0.1) is 5.92 Å². The molecule has 0 radical (unpaired) electrons. The highest BCUT2D eigenvalue weighted by atomic mass is 15.1. The molecule has 2 nitrogen and oxygen atoms in total. The molecule has 2 rings (SSSR count). The lowest BCUT2D eigenvalue weighted by Gasteiger charge is -2.30. The molecule has 2 aliphatic carbocycles. The predicted molar refractivity (Wildman–Crippen MR) is 69.4 cm³/mol. The molecule has 2 aliphatic rings. The minimum absolute atomic E-state index is 0.441. The van der Waals surface area contributed by atoms with Gasteiger partial charge >= 0.3 is 0 Å². The molecular weight excluding hydrogens is 196 g/mol. The molecule has 0 aromatic rings. The van der Waals surface area contributed by atoms with Crippen LogP contribution in [0.3, 0.4) is 0 Å². The second kappa shape index (κ2) is 6.02. The lowest BCUT2D eigenvalue weighted by molar-refractivity contribution is 0.200. The third-order valence-electron chi connectivity index (χ3n) is 4.71. The summed E-state index contributed by atoms with van der Waals surface area (Å²) in [7, 11) is 2.28. The monoisotopic (exact) mass is 224 g/mol. The lowest BCUT2D eigenvalue weighted by atomic mass is 9.87. The second-order valence-corrected chi connectivity index (χ2v) is 5.94. The Morgan fingerprint density at radius 2 is 1.75 bits per heavy atom. The summed E-state index contributed by atoms with van der Waals surface area (Å²) in [5, 5.41) is 0. The van der Waals surface area contributed by atoms with Crippen molar-refractivity contribution in [2.24, 2.45) is 11.7 Å². The molecule has 2 fully saturated rings. The van der Waals surface area contributed by atoms with Gasteiger partial charge in [0.1, 0.15) is 0 Å². The highest BCUT2D eigenvalue weighted by Crippen LogP contribution is 2.27. The van der Waals surface area contributed by atoms with Crippen molar-refractivity contribution >= 4 is 0 Å². The molecule has 2 N–H and O–H groups in total. The van der Waals surface area contributed by atoms with Crippen LogP contribution in [-0.2, 0) is 0 Å². The van der Waals surface area contributed by atoms with Crippen LogP contribution in [0.25, 0.3) is 0 Å². The Kier molecular flexibility index (Phi) is 4.66. The van der Waals surface area contributed by atoms with Gasteiger partial charge in [-0.25, -0.2) is 0 Å². The van der Waals surface area contributed by atoms with Gasteiger partial charge in [0.2, 0.25) is 0 Å². The Labute approximate surface area is 101 Å². The van der Waals surface area contributed by atoms with E-state index in [4.69, 9.17) is 5.73 Å². The summed E-state index contributed by atoms with van der Waals surface area (Å²) >= 11 is 0. The van der Waals surface area contributed by atoms with Crippen molar-refractivity contribution in [3.8, 4) is 0 Å². The van der Waals surface area contributed by atoms with Gasteiger partial charge in [-0.1, -0.05) is 38.5 Å². The average molecular weight is 224 g/mol. The van der Waals surface area contributed by atoms with Crippen molar-refractivity contribution in [1.82, 2.24) is 4.90 Å². The Hall–Kier alpha value is -0.0800. The summed E-state index contributed by atoms with van der Waals surface area (Å²) in [4.78, 5) is 2.53. The van der Waals surface area contributed by atoms with Gasteiger partial charge in [-0.15, -0.1) is 0 Å². The summed E-state index contributed by atoms with van der Waals surface area (Å²) in [5.74, 6) is 1.01. The van der Waals surface area contributed by atoms with Gasteiger partial charge in [0.25, 0.3) is 0 Å². The van der Waals surface area contributed by atoms with Gasteiger partial charge in [-0.3, -0.25) is 0 Å². The molecule has 0 saturated heterocycles. The minimum atomic E-state index is 0.441. The summed E-state index contributed by atoms with van der Waals surface area (Å²) in [5.41, 5.74) is 6.15. The van der Waals surface area contributed by atoms with E-state index >= 15 is 0 Å². The third kappa shape index (κ3) is 3.21.